The lowest BCUT2D eigenvalue weighted by Crippen LogP contribution is -2.21. The molecular formula is C17H15BrO2. The van der Waals surface area contributed by atoms with Crippen molar-refractivity contribution in [2.75, 3.05) is 6.61 Å². The molecule has 3 rings (SSSR count). The van der Waals surface area contributed by atoms with Crippen molar-refractivity contribution in [1.82, 2.24) is 0 Å². The molecular weight excluding hydrogens is 316 g/mol. The molecule has 20 heavy (non-hydrogen) atoms. The molecule has 0 bridgehead atoms. The van der Waals surface area contributed by atoms with Gasteiger partial charge in [0, 0.05) is 15.6 Å². The van der Waals surface area contributed by atoms with Crippen molar-refractivity contribution in [1.29, 1.82) is 0 Å². The van der Waals surface area contributed by atoms with Crippen LogP contribution in [0.2, 0.25) is 0 Å². The molecule has 1 heterocycles. The molecule has 0 radical (unpaired) electrons. The van der Waals surface area contributed by atoms with E-state index in [9.17, 15) is 4.79 Å². The SMILES string of the molecule is Cc1cc(C(=O)C2CCOc3ccccc32)ccc1Br. The van der Waals surface area contributed by atoms with Gasteiger partial charge in [0.25, 0.3) is 0 Å². The van der Waals surface area contributed by atoms with Crippen molar-refractivity contribution in [3.05, 3.63) is 63.6 Å². The minimum Gasteiger partial charge on any atom is -0.493 e. The molecule has 1 atom stereocenters. The minimum atomic E-state index is -0.0967. The van der Waals surface area contributed by atoms with Crippen molar-refractivity contribution in [3.8, 4) is 5.75 Å². The van der Waals surface area contributed by atoms with E-state index in [4.69, 9.17) is 4.74 Å². The van der Waals surface area contributed by atoms with Crippen molar-refractivity contribution in [2.45, 2.75) is 19.3 Å². The third-order valence-corrected chi connectivity index (χ3v) is 4.61. The fourth-order valence-electron chi connectivity index (χ4n) is 2.61. The first kappa shape index (κ1) is 13.4. The number of ether oxygens (including phenoxy) is 1. The van der Waals surface area contributed by atoms with E-state index in [1.807, 2.05) is 49.4 Å². The Hall–Kier alpha value is -1.61. The van der Waals surface area contributed by atoms with Crippen LogP contribution in [0, 0.1) is 6.92 Å². The van der Waals surface area contributed by atoms with Gasteiger partial charge in [0.2, 0.25) is 0 Å². The number of Topliss-reactive ketones (excluding diaryl/α,β-unsaturated/α-hetero) is 1. The van der Waals surface area contributed by atoms with E-state index >= 15 is 0 Å². The molecule has 2 nitrogen and oxygen atoms in total. The Morgan fingerprint density at radius 2 is 2.05 bits per heavy atom. The standard InChI is InChI=1S/C17H15BrO2/c1-11-10-12(6-7-15(11)18)17(19)14-8-9-20-16-5-3-2-4-13(14)16/h2-7,10,14H,8-9H2,1H3. The van der Waals surface area contributed by atoms with Crippen LogP contribution in [0.15, 0.2) is 46.9 Å². The number of hydrogen-bond acceptors (Lipinski definition) is 2. The number of halogens is 1. The summed E-state index contributed by atoms with van der Waals surface area (Å²) in [5.41, 5.74) is 2.85. The normalized spacial score (nSPS) is 17.2. The second-order valence-corrected chi connectivity index (χ2v) is 5.91. The summed E-state index contributed by atoms with van der Waals surface area (Å²) in [6, 6.07) is 13.6. The van der Waals surface area contributed by atoms with E-state index in [0.29, 0.717) is 6.61 Å². The second kappa shape index (κ2) is 5.41. The number of rotatable bonds is 2. The van der Waals surface area contributed by atoms with Gasteiger partial charge in [-0.3, -0.25) is 4.79 Å². The largest absolute Gasteiger partial charge is 0.493 e. The average molecular weight is 331 g/mol. The van der Waals surface area contributed by atoms with Crippen LogP contribution < -0.4 is 4.74 Å². The summed E-state index contributed by atoms with van der Waals surface area (Å²) in [6.07, 6.45) is 0.741. The first-order valence-corrected chi connectivity index (χ1v) is 7.48. The maximum atomic E-state index is 12.8. The third-order valence-electron chi connectivity index (χ3n) is 3.72. The maximum Gasteiger partial charge on any atom is 0.170 e. The van der Waals surface area contributed by atoms with Crippen LogP contribution in [0.3, 0.4) is 0 Å². The van der Waals surface area contributed by atoms with Crippen LogP contribution in [0.25, 0.3) is 0 Å². The molecule has 0 N–H and O–H groups in total. The molecule has 0 saturated heterocycles. The molecule has 0 aromatic heterocycles. The van der Waals surface area contributed by atoms with Crippen molar-refractivity contribution in [2.24, 2.45) is 0 Å². The summed E-state index contributed by atoms with van der Waals surface area (Å²) >= 11 is 3.47. The summed E-state index contributed by atoms with van der Waals surface area (Å²) in [7, 11) is 0. The van der Waals surface area contributed by atoms with Gasteiger partial charge in [0.1, 0.15) is 5.75 Å². The predicted octanol–water partition coefficient (Wildman–Crippen LogP) is 4.51. The number of fused-ring (bicyclic) bond motifs is 1. The molecule has 2 aromatic rings. The quantitative estimate of drug-likeness (QED) is 0.757. The average Bonchev–Trinajstić information content (AvgIpc) is 2.49. The predicted molar refractivity (Wildman–Crippen MR) is 82.5 cm³/mol. The van der Waals surface area contributed by atoms with E-state index < -0.39 is 0 Å². The van der Waals surface area contributed by atoms with Crippen LogP contribution in [0.5, 0.6) is 5.75 Å². The van der Waals surface area contributed by atoms with Gasteiger partial charge in [-0.25, -0.2) is 0 Å². The van der Waals surface area contributed by atoms with Crippen molar-refractivity contribution in [3.63, 3.8) is 0 Å². The van der Waals surface area contributed by atoms with Gasteiger partial charge in [-0.1, -0.05) is 40.2 Å². The Labute approximate surface area is 126 Å². The fraction of sp³-hybridized carbons (Fsp3) is 0.235. The minimum absolute atomic E-state index is 0.0967. The number of para-hydroxylation sites is 1. The van der Waals surface area contributed by atoms with Crippen LogP contribution in [-0.4, -0.2) is 12.4 Å². The third kappa shape index (κ3) is 2.38. The van der Waals surface area contributed by atoms with Crippen LogP contribution in [0.4, 0.5) is 0 Å². The number of carbonyl (C=O) groups excluding carboxylic acids is 1. The van der Waals surface area contributed by atoms with E-state index in [1.54, 1.807) is 0 Å². The Balaban J connectivity index is 1.97. The Kier molecular flexibility index (Phi) is 3.62. The topological polar surface area (TPSA) is 26.3 Å². The molecule has 2 aromatic carbocycles. The van der Waals surface area contributed by atoms with Crippen LogP contribution in [0.1, 0.15) is 33.8 Å². The number of benzene rings is 2. The van der Waals surface area contributed by atoms with Gasteiger partial charge in [-0.05, 0) is 37.1 Å². The van der Waals surface area contributed by atoms with Gasteiger partial charge in [-0.2, -0.15) is 0 Å². The first-order chi connectivity index (χ1) is 9.66. The first-order valence-electron chi connectivity index (χ1n) is 6.69. The zero-order valence-electron chi connectivity index (χ0n) is 11.2. The lowest BCUT2D eigenvalue weighted by atomic mass is 9.86. The lowest BCUT2D eigenvalue weighted by Gasteiger charge is -2.25. The molecule has 0 saturated carbocycles. The fourth-order valence-corrected chi connectivity index (χ4v) is 2.86. The number of hydrogen-bond donors (Lipinski definition) is 0. The van der Waals surface area contributed by atoms with E-state index in [0.717, 1.165) is 33.3 Å². The monoisotopic (exact) mass is 330 g/mol. The van der Waals surface area contributed by atoms with Crippen molar-refractivity contribution < 1.29 is 9.53 Å². The van der Waals surface area contributed by atoms with Gasteiger partial charge in [-0.15, -0.1) is 0 Å². The number of aryl methyl sites for hydroxylation is 1. The van der Waals surface area contributed by atoms with Crippen LogP contribution in [-0.2, 0) is 0 Å². The smallest absolute Gasteiger partial charge is 0.170 e. The van der Waals surface area contributed by atoms with Gasteiger partial charge in [0.15, 0.2) is 5.78 Å². The molecule has 0 amide bonds. The zero-order valence-corrected chi connectivity index (χ0v) is 12.8. The Bertz CT molecular complexity index is 664. The highest BCUT2D eigenvalue weighted by Crippen LogP contribution is 2.35. The van der Waals surface area contributed by atoms with Crippen LogP contribution >= 0.6 is 15.9 Å². The van der Waals surface area contributed by atoms with E-state index in [2.05, 4.69) is 15.9 Å². The molecule has 0 spiro atoms. The molecule has 1 aliphatic heterocycles. The summed E-state index contributed by atoms with van der Waals surface area (Å²) in [4.78, 5) is 12.8. The van der Waals surface area contributed by atoms with E-state index in [-0.39, 0.29) is 11.7 Å². The molecule has 0 aliphatic carbocycles. The maximum absolute atomic E-state index is 12.8. The summed E-state index contributed by atoms with van der Waals surface area (Å²) in [5, 5.41) is 0. The Morgan fingerprint density at radius 1 is 1.25 bits per heavy atom. The second-order valence-electron chi connectivity index (χ2n) is 5.06. The van der Waals surface area contributed by atoms with Crippen molar-refractivity contribution >= 4 is 21.7 Å². The highest BCUT2D eigenvalue weighted by Gasteiger charge is 2.28. The molecule has 102 valence electrons. The molecule has 1 unspecified atom stereocenters. The number of carbonyl (C=O) groups is 1. The lowest BCUT2D eigenvalue weighted by molar-refractivity contribution is 0.0933. The zero-order chi connectivity index (χ0) is 14.1. The molecule has 0 fully saturated rings. The highest BCUT2D eigenvalue weighted by atomic mass is 79.9. The van der Waals surface area contributed by atoms with Gasteiger partial charge < -0.3 is 4.74 Å². The summed E-state index contributed by atoms with van der Waals surface area (Å²) < 4.78 is 6.65. The summed E-state index contributed by atoms with van der Waals surface area (Å²) in [5.74, 6) is 0.919. The van der Waals surface area contributed by atoms with Gasteiger partial charge in [0.05, 0.1) is 12.5 Å². The molecule has 1 aliphatic rings. The van der Waals surface area contributed by atoms with E-state index in [1.165, 1.54) is 0 Å². The number of ketones is 1. The summed E-state index contributed by atoms with van der Waals surface area (Å²) in [6.45, 7) is 2.60. The molecule has 3 heteroatoms. The Morgan fingerprint density at radius 3 is 2.85 bits per heavy atom. The van der Waals surface area contributed by atoms with Gasteiger partial charge >= 0.3 is 0 Å². The highest BCUT2D eigenvalue weighted by molar-refractivity contribution is 9.10.